The van der Waals surface area contributed by atoms with Crippen LogP contribution in [-0.4, -0.2) is 49.1 Å². The highest BCUT2D eigenvalue weighted by Crippen LogP contribution is 2.38. The number of fused-ring (bicyclic) bond motifs is 1. The third-order valence-corrected chi connectivity index (χ3v) is 4.81. The highest BCUT2D eigenvalue weighted by Gasteiger charge is 2.16. The van der Waals surface area contributed by atoms with E-state index in [-0.39, 0.29) is 24.0 Å². The van der Waals surface area contributed by atoms with E-state index < -0.39 is 0 Å². The first-order valence-corrected chi connectivity index (χ1v) is 9.98. The number of benzene rings is 1. The second-order valence-corrected chi connectivity index (χ2v) is 7.19. The third kappa shape index (κ3) is 6.67. The van der Waals surface area contributed by atoms with Crippen molar-refractivity contribution in [3.63, 3.8) is 0 Å². The molecule has 2 N–H and O–H groups in total. The van der Waals surface area contributed by atoms with Gasteiger partial charge >= 0.3 is 0 Å². The standard InChI is InChI=1S/C20H28ClN5O2.HI/c1-14-11-15(2)26(25-14)8-4-6-23-20(22-3)24-7-5-16-12-17(21)19-18(13-16)27-9-10-28-19;/h11-13H,4-10H2,1-3H3,(H2,22,23,24);1H. The lowest BCUT2D eigenvalue weighted by Crippen LogP contribution is -2.39. The van der Waals surface area contributed by atoms with Crippen LogP contribution in [0, 0.1) is 13.8 Å². The summed E-state index contributed by atoms with van der Waals surface area (Å²) < 4.78 is 13.2. The predicted molar refractivity (Wildman–Crippen MR) is 127 cm³/mol. The average molecular weight is 534 g/mol. The van der Waals surface area contributed by atoms with Crippen LogP contribution >= 0.6 is 35.6 Å². The van der Waals surface area contributed by atoms with Gasteiger partial charge in [-0.15, -0.1) is 24.0 Å². The van der Waals surface area contributed by atoms with Gasteiger partial charge in [0.1, 0.15) is 13.2 Å². The molecule has 1 aliphatic rings. The molecule has 0 amide bonds. The number of hydrogen-bond donors (Lipinski definition) is 2. The fourth-order valence-electron chi connectivity index (χ4n) is 3.19. The summed E-state index contributed by atoms with van der Waals surface area (Å²) >= 11 is 6.30. The molecule has 2 aromatic rings. The summed E-state index contributed by atoms with van der Waals surface area (Å²) in [6.45, 7) is 7.65. The average Bonchev–Trinajstić information content (AvgIpc) is 3.01. The summed E-state index contributed by atoms with van der Waals surface area (Å²) in [6.07, 6.45) is 1.78. The molecule has 1 aromatic carbocycles. The van der Waals surface area contributed by atoms with E-state index in [1.165, 1.54) is 5.69 Å². The Hall–Kier alpha value is -1.68. The molecular weight excluding hydrogens is 505 g/mol. The number of rotatable bonds is 7. The zero-order valence-electron chi connectivity index (χ0n) is 17.1. The van der Waals surface area contributed by atoms with Crippen molar-refractivity contribution in [2.75, 3.05) is 33.4 Å². The Morgan fingerprint density at radius 1 is 1.17 bits per heavy atom. The van der Waals surface area contributed by atoms with Crippen molar-refractivity contribution in [1.82, 2.24) is 20.4 Å². The molecule has 1 aromatic heterocycles. The maximum atomic E-state index is 6.30. The van der Waals surface area contributed by atoms with E-state index in [0.717, 1.165) is 55.4 Å². The van der Waals surface area contributed by atoms with Crippen molar-refractivity contribution in [2.24, 2.45) is 4.99 Å². The first-order chi connectivity index (χ1) is 13.6. The minimum atomic E-state index is 0. The second-order valence-electron chi connectivity index (χ2n) is 6.78. The summed E-state index contributed by atoms with van der Waals surface area (Å²) in [4.78, 5) is 4.27. The summed E-state index contributed by atoms with van der Waals surface area (Å²) in [7, 11) is 1.78. The quantitative estimate of drug-likeness (QED) is 0.247. The van der Waals surface area contributed by atoms with Crippen LogP contribution in [0.25, 0.3) is 0 Å². The van der Waals surface area contributed by atoms with Crippen LogP contribution in [0.3, 0.4) is 0 Å². The maximum absolute atomic E-state index is 6.30. The fraction of sp³-hybridized carbons (Fsp3) is 0.500. The predicted octanol–water partition coefficient (Wildman–Crippen LogP) is 3.34. The molecule has 0 saturated carbocycles. The molecule has 160 valence electrons. The first-order valence-electron chi connectivity index (χ1n) is 9.60. The monoisotopic (exact) mass is 533 g/mol. The normalized spacial score (nSPS) is 13.0. The maximum Gasteiger partial charge on any atom is 0.190 e. The molecular formula is C20H29ClIN5O2. The van der Waals surface area contributed by atoms with Crippen LogP contribution in [0.1, 0.15) is 23.4 Å². The summed E-state index contributed by atoms with van der Waals surface area (Å²) in [6, 6.07) is 6.02. The molecule has 0 radical (unpaired) electrons. The molecule has 9 heteroatoms. The number of aryl methyl sites for hydroxylation is 3. The summed E-state index contributed by atoms with van der Waals surface area (Å²) in [5.41, 5.74) is 3.35. The molecule has 0 atom stereocenters. The highest BCUT2D eigenvalue weighted by atomic mass is 127. The Morgan fingerprint density at radius 3 is 2.66 bits per heavy atom. The van der Waals surface area contributed by atoms with Crippen LogP contribution in [0.15, 0.2) is 23.2 Å². The minimum Gasteiger partial charge on any atom is -0.486 e. The molecule has 0 bridgehead atoms. The second kappa shape index (κ2) is 11.5. The largest absolute Gasteiger partial charge is 0.486 e. The van der Waals surface area contributed by atoms with Gasteiger partial charge in [-0.2, -0.15) is 5.10 Å². The van der Waals surface area contributed by atoms with Gasteiger partial charge in [-0.1, -0.05) is 11.6 Å². The molecule has 2 heterocycles. The first kappa shape index (κ1) is 23.6. The Morgan fingerprint density at radius 2 is 1.93 bits per heavy atom. The smallest absolute Gasteiger partial charge is 0.190 e. The Kier molecular flexibility index (Phi) is 9.35. The molecule has 0 saturated heterocycles. The Bertz CT molecular complexity index is 841. The number of guanidine groups is 1. The van der Waals surface area contributed by atoms with Crippen LogP contribution < -0.4 is 20.1 Å². The van der Waals surface area contributed by atoms with Gasteiger partial charge in [0, 0.05) is 32.4 Å². The molecule has 1 aliphatic heterocycles. The molecule has 29 heavy (non-hydrogen) atoms. The van der Waals surface area contributed by atoms with Crippen LogP contribution in [0.2, 0.25) is 5.02 Å². The van der Waals surface area contributed by atoms with Gasteiger partial charge in [0.25, 0.3) is 0 Å². The lowest BCUT2D eigenvalue weighted by molar-refractivity contribution is 0.171. The van der Waals surface area contributed by atoms with Gasteiger partial charge < -0.3 is 20.1 Å². The van der Waals surface area contributed by atoms with Gasteiger partial charge in [-0.3, -0.25) is 9.67 Å². The fourth-order valence-corrected chi connectivity index (χ4v) is 3.48. The van der Waals surface area contributed by atoms with E-state index in [9.17, 15) is 0 Å². The van der Waals surface area contributed by atoms with Gasteiger partial charge in [0.05, 0.1) is 10.7 Å². The Balaban J connectivity index is 0.00000300. The van der Waals surface area contributed by atoms with Gasteiger partial charge in [0.2, 0.25) is 0 Å². The topological polar surface area (TPSA) is 72.7 Å². The van der Waals surface area contributed by atoms with E-state index in [2.05, 4.69) is 33.7 Å². The van der Waals surface area contributed by atoms with Gasteiger partial charge in [0.15, 0.2) is 17.5 Å². The van der Waals surface area contributed by atoms with Crippen LogP contribution in [-0.2, 0) is 13.0 Å². The number of hydrogen-bond acceptors (Lipinski definition) is 4. The van der Waals surface area contributed by atoms with Crippen molar-refractivity contribution < 1.29 is 9.47 Å². The molecule has 7 nitrogen and oxygen atoms in total. The number of ether oxygens (including phenoxy) is 2. The van der Waals surface area contributed by atoms with Crippen LogP contribution in [0.4, 0.5) is 0 Å². The zero-order chi connectivity index (χ0) is 19.9. The van der Waals surface area contributed by atoms with E-state index in [4.69, 9.17) is 21.1 Å². The molecule has 0 spiro atoms. The highest BCUT2D eigenvalue weighted by molar-refractivity contribution is 14.0. The Labute approximate surface area is 194 Å². The molecule has 0 fully saturated rings. The van der Waals surface area contributed by atoms with Gasteiger partial charge in [-0.25, -0.2) is 0 Å². The number of nitrogens with zero attached hydrogens (tertiary/aromatic N) is 3. The van der Waals surface area contributed by atoms with Crippen molar-refractivity contribution in [3.05, 3.63) is 40.2 Å². The van der Waals surface area contributed by atoms with E-state index >= 15 is 0 Å². The molecule has 3 rings (SSSR count). The summed E-state index contributed by atoms with van der Waals surface area (Å²) in [5.74, 6) is 2.15. The van der Waals surface area contributed by atoms with E-state index in [1.54, 1.807) is 7.05 Å². The lowest BCUT2D eigenvalue weighted by Gasteiger charge is -2.20. The number of nitrogens with one attached hydrogen (secondary N) is 2. The van der Waals surface area contributed by atoms with Crippen molar-refractivity contribution in [3.8, 4) is 11.5 Å². The minimum absolute atomic E-state index is 0. The van der Waals surface area contributed by atoms with Crippen molar-refractivity contribution >= 4 is 41.5 Å². The van der Waals surface area contributed by atoms with E-state index in [0.29, 0.717) is 24.0 Å². The van der Waals surface area contributed by atoms with Crippen molar-refractivity contribution in [2.45, 2.75) is 33.2 Å². The lowest BCUT2D eigenvalue weighted by atomic mass is 10.1. The van der Waals surface area contributed by atoms with Crippen molar-refractivity contribution in [1.29, 1.82) is 0 Å². The van der Waals surface area contributed by atoms with Gasteiger partial charge in [-0.05, 0) is 50.5 Å². The summed E-state index contributed by atoms with van der Waals surface area (Å²) in [5, 5.41) is 11.8. The number of aromatic nitrogens is 2. The SMILES string of the molecule is CN=C(NCCCn1nc(C)cc1C)NCCc1cc(Cl)c2c(c1)OCCO2.I. The van der Waals surface area contributed by atoms with E-state index in [1.807, 2.05) is 23.7 Å². The molecule has 0 unspecified atom stereocenters. The van der Waals surface area contributed by atoms with Crippen LogP contribution in [0.5, 0.6) is 11.5 Å². The third-order valence-electron chi connectivity index (χ3n) is 4.53. The zero-order valence-corrected chi connectivity index (χ0v) is 20.2. The molecule has 0 aliphatic carbocycles. The number of aliphatic imine (C=N–C) groups is 1. The number of halogens is 2.